The Kier molecular flexibility index (Phi) is 3.02. The molecule has 0 saturated carbocycles. The molecule has 3 nitrogen and oxygen atoms in total. The third-order valence-electron chi connectivity index (χ3n) is 2.88. The molecule has 1 heterocycles. The van der Waals surface area contributed by atoms with E-state index in [0.717, 1.165) is 27.6 Å². The summed E-state index contributed by atoms with van der Waals surface area (Å²) in [5.41, 5.74) is 3.37. The third kappa shape index (κ3) is 2.24. The van der Waals surface area contributed by atoms with Crippen LogP contribution in [0.25, 0.3) is 10.9 Å². The number of hydrogen-bond acceptors (Lipinski definition) is 2. The molecule has 3 rings (SSSR count). The van der Waals surface area contributed by atoms with Gasteiger partial charge in [0.15, 0.2) is 0 Å². The van der Waals surface area contributed by atoms with Gasteiger partial charge in [0.25, 0.3) is 0 Å². The number of H-pyrrole nitrogens is 1. The van der Waals surface area contributed by atoms with Crippen molar-refractivity contribution in [1.82, 2.24) is 10.2 Å². The van der Waals surface area contributed by atoms with E-state index in [4.69, 9.17) is 0 Å². The third-order valence-corrected chi connectivity index (χ3v) is 3.66. The summed E-state index contributed by atoms with van der Waals surface area (Å²) in [6.07, 6.45) is 1.83. The van der Waals surface area contributed by atoms with Crippen LogP contribution < -0.4 is 5.32 Å². The van der Waals surface area contributed by atoms with Gasteiger partial charge in [0.1, 0.15) is 0 Å². The Morgan fingerprint density at radius 3 is 2.94 bits per heavy atom. The van der Waals surface area contributed by atoms with Gasteiger partial charge in [-0.05, 0) is 29.8 Å². The summed E-state index contributed by atoms with van der Waals surface area (Å²) >= 11 is 3.55. The van der Waals surface area contributed by atoms with Crippen molar-refractivity contribution in [3.05, 3.63) is 58.7 Å². The van der Waals surface area contributed by atoms with Crippen LogP contribution in [0.3, 0.4) is 0 Å². The topological polar surface area (TPSA) is 40.7 Å². The van der Waals surface area contributed by atoms with Crippen LogP contribution in [-0.2, 0) is 6.54 Å². The summed E-state index contributed by atoms with van der Waals surface area (Å²) in [6.45, 7) is 0.793. The Bertz CT molecular complexity index is 675. The van der Waals surface area contributed by atoms with Crippen molar-refractivity contribution in [3.63, 3.8) is 0 Å². The van der Waals surface area contributed by atoms with Crippen LogP contribution in [0.15, 0.2) is 53.1 Å². The van der Waals surface area contributed by atoms with Crippen LogP contribution in [0.4, 0.5) is 5.69 Å². The normalized spacial score (nSPS) is 10.7. The molecule has 90 valence electrons. The summed E-state index contributed by atoms with van der Waals surface area (Å²) in [5, 5.41) is 11.5. The van der Waals surface area contributed by atoms with E-state index >= 15 is 0 Å². The smallest absolute Gasteiger partial charge is 0.0670 e. The van der Waals surface area contributed by atoms with E-state index in [1.165, 1.54) is 5.56 Å². The molecule has 2 N–H and O–H groups in total. The molecule has 0 radical (unpaired) electrons. The molecule has 0 bridgehead atoms. The fourth-order valence-electron chi connectivity index (χ4n) is 1.89. The highest BCUT2D eigenvalue weighted by atomic mass is 79.9. The highest BCUT2D eigenvalue weighted by Crippen LogP contribution is 2.20. The molecule has 2 aromatic carbocycles. The van der Waals surface area contributed by atoms with E-state index in [9.17, 15) is 0 Å². The predicted octanol–water partition coefficient (Wildman–Crippen LogP) is 3.94. The molecule has 0 aliphatic rings. The van der Waals surface area contributed by atoms with E-state index in [1.54, 1.807) is 0 Å². The van der Waals surface area contributed by atoms with Crippen molar-refractivity contribution in [2.75, 3.05) is 5.32 Å². The molecule has 0 atom stereocenters. The first-order valence-corrected chi connectivity index (χ1v) is 6.52. The second-order valence-corrected chi connectivity index (χ2v) is 4.97. The zero-order valence-electron chi connectivity index (χ0n) is 9.65. The van der Waals surface area contributed by atoms with E-state index in [0.29, 0.717) is 0 Å². The lowest BCUT2D eigenvalue weighted by Gasteiger charge is -2.08. The van der Waals surface area contributed by atoms with Gasteiger partial charge in [0.2, 0.25) is 0 Å². The average Bonchev–Trinajstić information content (AvgIpc) is 2.85. The molecule has 0 amide bonds. The van der Waals surface area contributed by atoms with E-state index in [-0.39, 0.29) is 0 Å². The van der Waals surface area contributed by atoms with Crippen molar-refractivity contribution in [1.29, 1.82) is 0 Å². The largest absolute Gasteiger partial charge is 0.381 e. The summed E-state index contributed by atoms with van der Waals surface area (Å²) in [4.78, 5) is 0. The van der Waals surface area contributed by atoms with Crippen LogP contribution in [-0.4, -0.2) is 10.2 Å². The molecule has 0 saturated heterocycles. The van der Waals surface area contributed by atoms with E-state index < -0.39 is 0 Å². The molecule has 0 unspecified atom stereocenters. The number of rotatable bonds is 3. The van der Waals surface area contributed by atoms with Gasteiger partial charge in [0.05, 0.1) is 11.7 Å². The van der Waals surface area contributed by atoms with Gasteiger partial charge in [-0.25, -0.2) is 0 Å². The van der Waals surface area contributed by atoms with Gasteiger partial charge in [-0.1, -0.05) is 34.1 Å². The number of nitrogens with zero attached hydrogens (tertiary/aromatic N) is 1. The van der Waals surface area contributed by atoms with Crippen LogP contribution in [0.5, 0.6) is 0 Å². The van der Waals surface area contributed by atoms with E-state index in [2.05, 4.69) is 61.8 Å². The van der Waals surface area contributed by atoms with Gasteiger partial charge in [0, 0.05) is 22.1 Å². The van der Waals surface area contributed by atoms with E-state index in [1.807, 2.05) is 18.3 Å². The number of nitrogens with one attached hydrogen (secondary N) is 2. The minimum Gasteiger partial charge on any atom is -0.381 e. The second kappa shape index (κ2) is 4.82. The maximum Gasteiger partial charge on any atom is 0.0670 e. The van der Waals surface area contributed by atoms with Gasteiger partial charge in [-0.3, -0.25) is 5.10 Å². The van der Waals surface area contributed by atoms with Gasteiger partial charge >= 0.3 is 0 Å². The van der Waals surface area contributed by atoms with Crippen LogP contribution >= 0.6 is 15.9 Å². The fourth-order valence-corrected chi connectivity index (χ4v) is 2.31. The zero-order chi connectivity index (χ0) is 12.4. The maximum absolute atomic E-state index is 4.01. The second-order valence-electron chi connectivity index (χ2n) is 4.12. The van der Waals surface area contributed by atoms with Crippen molar-refractivity contribution in [2.24, 2.45) is 0 Å². The minimum absolute atomic E-state index is 0.793. The lowest BCUT2D eigenvalue weighted by molar-refractivity contribution is 1.11. The summed E-state index contributed by atoms with van der Waals surface area (Å²) in [7, 11) is 0. The van der Waals surface area contributed by atoms with Crippen molar-refractivity contribution >= 4 is 32.5 Å². The monoisotopic (exact) mass is 301 g/mol. The SMILES string of the molecule is Brc1ccccc1CNc1ccc2cn[nH]c2c1. The summed E-state index contributed by atoms with van der Waals surface area (Å²) < 4.78 is 1.13. The molecule has 3 aromatic rings. The first kappa shape index (κ1) is 11.3. The van der Waals surface area contributed by atoms with Gasteiger partial charge in [-0.2, -0.15) is 5.10 Å². The molecular weight excluding hydrogens is 290 g/mol. The number of benzene rings is 2. The first-order valence-electron chi connectivity index (χ1n) is 5.73. The zero-order valence-corrected chi connectivity index (χ0v) is 11.2. The molecule has 18 heavy (non-hydrogen) atoms. The number of fused-ring (bicyclic) bond motifs is 1. The van der Waals surface area contributed by atoms with Crippen LogP contribution in [0, 0.1) is 0 Å². The Balaban J connectivity index is 1.78. The van der Waals surface area contributed by atoms with Gasteiger partial charge < -0.3 is 5.32 Å². The number of aromatic amines is 1. The molecule has 0 aliphatic heterocycles. The standard InChI is InChI=1S/C14H12BrN3/c15-13-4-2-1-3-10(13)8-16-12-6-5-11-9-17-18-14(11)7-12/h1-7,9,16H,8H2,(H,17,18). The summed E-state index contributed by atoms with van der Waals surface area (Å²) in [6, 6.07) is 14.4. The Labute approximate surface area is 113 Å². The number of halogens is 1. The van der Waals surface area contributed by atoms with Crippen molar-refractivity contribution in [2.45, 2.75) is 6.54 Å². The quantitative estimate of drug-likeness (QED) is 0.769. The highest BCUT2D eigenvalue weighted by Gasteiger charge is 2.00. The fraction of sp³-hybridized carbons (Fsp3) is 0.0714. The minimum atomic E-state index is 0.793. The first-order chi connectivity index (χ1) is 8.83. The maximum atomic E-state index is 4.01. The van der Waals surface area contributed by atoms with Crippen LogP contribution in [0.2, 0.25) is 0 Å². The Morgan fingerprint density at radius 2 is 2.06 bits per heavy atom. The molecular formula is C14H12BrN3. The highest BCUT2D eigenvalue weighted by molar-refractivity contribution is 9.10. The summed E-state index contributed by atoms with van der Waals surface area (Å²) in [5.74, 6) is 0. The molecule has 1 aromatic heterocycles. The molecule has 0 spiro atoms. The lowest BCUT2D eigenvalue weighted by atomic mass is 10.2. The number of anilines is 1. The number of aromatic nitrogens is 2. The van der Waals surface area contributed by atoms with Crippen molar-refractivity contribution in [3.8, 4) is 0 Å². The molecule has 0 aliphatic carbocycles. The Hall–Kier alpha value is -1.81. The Morgan fingerprint density at radius 1 is 1.17 bits per heavy atom. The lowest BCUT2D eigenvalue weighted by Crippen LogP contribution is -1.99. The molecule has 0 fully saturated rings. The van der Waals surface area contributed by atoms with Crippen LogP contribution in [0.1, 0.15) is 5.56 Å². The number of hydrogen-bond donors (Lipinski definition) is 2. The predicted molar refractivity (Wildman–Crippen MR) is 77.6 cm³/mol. The van der Waals surface area contributed by atoms with Gasteiger partial charge in [-0.15, -0.1) is 0 Å². The van der Waals surface area contributed by atoms with Crippen molar-refractivity contribution < 1.29 is 0 Å². The molecule has 4 heteroatoms. The average molecular weight is 302 g/mol.